The lowest BCUT2D eigenvalue weighted by molar-refractivity contribution is -0.144. The fraction of sp³-hybridized carbons (Fsp3) is 0.357. The molecule has 6 heteroatoms. The minimum absolute atomic E-state index is 0.439. The van der Waals surface area contributed by atoms with Crippen molar-refractivity contribution in [2.45, 2.75) is 31.7 Å². The minimum atomic E-state index is -1.32. The van der Waals surface area contributed by atoms with Gasteiger partial charge in [0.1, 0.15) is 6.04 Å². The zero-order valence-electron chi connectivity index (χ0n) is 11.4. The van der Waals surface area contributed by atoms with E-state index in [0.29, 0.717) is 0 Å². The number of nitrogens with one attached hydrogen (secondary N) is 1. The van der Waals surface area contributed by atoms with Crippen molar-refractivity contribution in [1.82, 2.24) is 5.32 Å². The van der Waals surface area contributed by atoms with Crippen LogP contribution in [0.4, 0.5) is 0 Å². The lowest BCUT2D eigenvalue weighted by Crippen LogP contribution is -2.49. The molecule has 1 atom stereocenters. The molecule has 0 aromatic heterocycles. The molecule has 0 saturated carbocycles. The van der Waals surface area contributed by atoms with E-state index in [1.54, 1.807) is 38.1 Å². The van der Waals surface area contributed by atoms with Crippen molar-refractivity contribution >= 4 is 17.8 Å². The summed E-state index contributed by atoms with van der Waals surface area (Å²) in [5.41, 5.74) is 4.81. The number of amides is 2. The molecule has 0 radical (unpaired) electrons. The fourth-order valence-corrected chi connectivity index (χ4v) is 1.73. The number of hydrogen-bond acceptors (Lipinski definition) is 3. The average Bonchev–Trinajstić information content (AvgIpc) is 2.38. The summed E-state index contributed by atoms with van der Waals surface area (Å²) in [7, 11) is 0. The van der Waals surface area contributed by atoms with Crippen molar-refractivity contribution in [3.8, 4) is 0 Å². The van der Waals surface area contributed by atoms with Gasteiger partial charge in [-0.1, -0.05) is 30.3 Å². The van der Waals surface area contributed by atoms with Gasteiger partial charge < -0.3 is 16.2 Å². The van der Waals surface area contributed by atoms with Gasteiger partial charge in [0, 0.05) is 0 Å². The molecule has 1 aromatic rings. The second kappa shape index (κ2) is 6.18. The third kappa shape index (κ3) is 3.81. The molecule has 0 saturated heterocycles. The number of aliphatic carboxylic acids is 1. The molecule has 0 fully saturated rings. The molecule has 1 rings (SSSR count). The van der Waals surface area contributed by atoms with Gasteiger partial charge in [-0.25, -0.2) is 4.79 Å². The van der Waals surface area contributed by atoms with Crippen LogP contribution in [0.3, 0.4) is 0 Å². The normalized spacial score (nSPS) is 12.5. The summed E-state index contributed by atoms with van der Waals surface area (Å²) in [5.74, 6) is -2.55. The number of carboxylic acid groups (broad SMARTS) is 1. The van der Waals surface area contributed by atoms with Gasteiger partial charge in [0.2, 0.25) is 11.8 Å². The minimum Gasteiger partial charge on any atom is -0.480 e. The monoisotopic (exact) mass is 278 g/mol. The molecule has 0 heterocycles. The smallest absolute Gasteiger partial charge is 0.326 e. The van der Waals surface area contributed by atoms with Crippen LogP contribution in [-0.2, 0) is 19.8 Å². The van der Waals surface area contributed by atoms with E-state index in [4.69, 9.17) is 10.8 Å². The van der Waals surface area contributed by atoms with Crippen molar-refractivity contribution in [2.75, 3.05) is 0 Å². The van der Waals surface area contributed by atoms with Crippen LogP contribution < -0.4 is 11.1 Å². The Morgan fingerprint density at radius 1 is 1.25 bits per heavy atom. The molecule has 2 amide bonds. The molecule has 0 bridgehead atoms. The van der Waals surface area contributed by atoms with Gasteiger partial charge in [-0.05, 0) is 19.4 Å². The van der Waals surface area contributed by atoms with Crippen molar-refractivity contribution in [2.24, 2.45) is 5.73 Å². The Balaban J connectivity index is 2.88. The first-order chi connectivity index (χ1) is 9.25. The largest absolute Gasteiger partial charge is 0.480 e. The first-order valence-electron chi connectivity index (χ1n) is 6.12. The number of carbonyl (C=O) groups is 3. The third-order valence-electron chi connectivity index (χ3n) is 3.07. The molecule has 20 heavy (non-hydrogen) atoms. The van der Waals surface area contributed by atoms with Gasteiger partial charge in [0.25, 0.3) is 0 Å². The Hall–Kier alpha value is -2.37. The molecular weight excluding hydrogens is 260 g/mol. The molecule has 108 valence electrons. The standard InChI is InChI=1S/C14H18N2O4/c1-14(2,9-6-4-3-5-7-9)13(20)16-10(12(18)19)8-11(15)17/h3-7,10H,8H2,1-2H3,(H2,15,17)(H,16,20)(H,18,19)/t10-/m0/s1. The van der Waals surface area contributed by atoms with Crippen LogP contribution in [0.15, 0.2) is 30.3 Å². The molecular formula is C14H18N2O4. The second-order valence-corrected chi connectivity index (χ2v) is 5.03. The second-order valence-electron chi connectivity index (χ2n) is 5.03. The summed E-state index contributed by atoms with van der Waals surface area (Å²) in [5, 5.41) is 11.3. The van der Waals surface area contributed by atoms with Gasteiger partial charge in [-0.2, -0.15) is 0 Å². The number of primary amides is 1. The van der Waals surface area contributed by atoms with E-state index >= 15 is 0 Å². The van der Waals surface area contributed by atoms with Crippen molar-refractivity contribution in [3.63, 3.8) is 0 Å². The van der Waals surface area contributed by atoms with Crippen LogP contribution in [0.2, 0.25) is 0 Å². The number of hydrogen-bond donors (Lipinski definition) is 3. The number of nitrogens with two attached hydrogens (primary N) is 1. The van der Waals surface area contributed by atoms with Crippen LogP contribution in [0.5, 0.6) is 0 Å². The predicted molar refractivity (Wildman–Crippen MR) is 72.8 cm³/mol. The van der Waals surface area contributed by atoms with Gasteiger partial charge >= 0.3 is 5.97 Å². The highest BCUT2D eigenvalue weighted by Crippen LogP contribution is 2.23. The molecule has 4 N–H and O–H groups in total. The van der Waals surface area contributed by atoms with E-state index in [2.05, 4.69) is 5.32 Å². The summed E-state index contributed by atoms with van der Waals surface area (Å²) >= 11 is 0. The number of benzene rings is 1. The SMILES string of the molecule is CC(C)(C(=O)N[C@@H](CC(N)=O)C(=O)O)c1ccccc1. The molecule has 0 aliphatic carbocycles. The molecule has 1 aromatic carbocycles. The van der Waals surface area contributed by atoms with Gasteiger partial charge in [0.05, 0.1) is 11.8 Å². The van der Waals surface area contributed by atoms with Crippen LogP contribution in [0, 0.1) is 0 Å². The van der Waals surface area contributed by atoms with Crippen LogP contribution >= 0.6 is 0 Å². The van der Waals surface area contributed by atoms with E-state index in [-0.39, 0.29) is 0 Å². The van der Waals surface area contributed by atoms with Crippen molar-refractivity contribution in [3.05, 3.63) is 35.9 Å². The maximum absolute atomic E-state index is 12.2. The number of carbonyl (C=O) groups excluding carboxylic acids is 2. The maximum atomic E-state index is 12.2. The maximum Gasteiger partial charge on any atom is 0.326 e. The van der Waals surface area contributed by atoms with Crippen LogP contribution in [0.1, 0.15) is 25.8 Å². The third-order valence-corrected chi connectivity index (χ3v) is 3.07. The molecule has 0 aliphatic rings. The van der Waals surface area contributed by atoms with Crippen molar-refractivity contribution < 1.29 is 19.5 Å². The summed E-state index contributed by atoms with van der Waals surface area (Å²) in [6.07, 6.45) is -0.439. The Morgan fingerprint density at radius 2 is 1.80 bits per heavy atom. The molecule has 0 unspecified atom stereocenters. The Bertz CT molecular complexity index is 511. The van der Waals surface area contributed by atoms with Crippen molar-refractivity contribution in [1.29, 1.82) is 0 Å². The lowest BCUT2D eigenvalue weighted by atomic mass is 9.83. The Morgan fingerprint density at radius 3 is 2.25 bits per heavy atom. The number of rotatable bonds is 6. The average molecular weight is 278 g/mol. The summed E-state index contributed by atoms with van der Waals surface area (Å²) in [6, 6.07) is 7.66. The highest BCUT2D eigenvalue weighted by Gasteiger charge is 2.33. The van der Waals surface area contributed by atoms with E-state index in [1.165, 1.54) is 0 Å². The zero-order valence-corrected chi connectivity index (χ0v) is 11.4. The lowest BCUT2D eigenvalue weighted by Gasteiger charge is -2.26. The first kappa shape index (κ1) is 15.7. The fourth-order valence-electron chi connectivity index (χ4n) is 1.73. The van der Waals surface area contributed by atoms with E-state index in [9.17, 15) is 14.4 Å². The number of carboxylic acids is 1. The van der Waals surface area contributed by atoms with Gasteiger partial charge in [-0.15, -0.1) is 0 Å². The summed E-state index contributed by atoms with van der Waals surface area (Å²) in [6.45, 7) is 3.36. The predicted octanol–water partition coefficient (Wildman–Crippen LogP) is 0.409. The van der Waals surface area contributed by atoms with Crippen LogP contribution in [-0.4, -0.2) is 28.9 Å². The quantitative estimate of drug-likeness (QED) is 0.700. The van der Waals surface area contributed by atoms with E-state index in [0.717, 1.165) is 5.56 Å². The topological polar surface area (TPSA) is 109 Å². The Labute approximate surface area is 117 Å². The summed E-state index contributed by atoms with van der Waals surface area (Å²) < 4.78 is 0. The molecule has 6 nitrogen and oxygen atoms in total. The Kier molecular flexibility index (Phi) is 4.85. The van der Waals surface area contributed by atoms with Gasteiger partial charge in [-0.3, -0.25) is 9.59 Å². The van der Waals surface area contributed by atoms with Crippen LogP contribution in [0.25, 0.3) is 0 Å². The highest BCUT2D eigenvalue weighted by atomic mass is 16.4. The molecule has 0 aliphatic heterocycles. The highest BCUT2D eigenvalue weighted by molar-refractivity contribution is 5.92. The molecule has 0 spiro atoms. The van der Waals surface area contributed by atoms with E-state index < -0.39 is 35.7 Å². The van der Waals surface area contributed by atoms with Gasteiger partial charge in [0.15, 0.2) is 0 Å². The summed E-state index contributed by atoms with van der Waals surface area (Å²) in [4.78, 5) is 34.1. The first-order valence-corrected chi connectivity index (χ1v) is 6.12. The zero-order chi connectivity index (χ0) is 15.3. The van der Waals surface area contributed by atoms with E-state index in [1.807, 2.05) is 6.07 Å².